The zero-order chi connectivity index (χ0) is 16.4. The number of halogens is 1. The van der Waals surface area contributed by atoms with E-state index >= 15 is 0 Å². The molecule has 0 saturated carbocycles. The summed E-state index contributed by atoms with van der Waals surface area (Å²) in [4.78, 5) is 21.7. The molecule has 3 rings (SSSR count). The Morgan fingerprint density at radius 3 is 2.52 bits per heavy atom. The van der Waals surface area contributed by atoms with Crippen molar-refractivity contribution in [3.63, 3.8) is 0 Å². The van der Waals surface area contributed by atoms with Gasteiger partial charge in [-0.05, 0) is 36.1 Å². The Labute approximate surface area is 146 Å². The first-order valence-corrected chi connectivity index (χ1v) is 8.95. The molecule has 0 fully saturated rings. The summed E-state index contributed by atoms with van der Waals surface area (Å²) in [5.41, 5.74) is 2.93. The number of pyridine rings is 1. The lowest BCUT2D eigenvalue weighted by molar-refractivity contribution is 0.715. The number of rotatable bonds is 3. The van der Waals surface area contributed by atoms with Gasteiger partial charge in [0.15, 0.2) is 5.16 Å². The number of hydrogen-bond donors (Lipinski definition) is 0. The summed E-state index contributed by atoms with van der Waals surface area (Å²) in [6, 6.07) is 11.4. The van der Waals surface area contributed by atoms with Gasteiger partial charge in [-0.25, -0.2) is 4.98 Å². The quantitative estimate of drug-likeness (QED) is 0.503. The second-order valence-corrected chi connectivity index (χ2v) is 6.62. The number of thioether (sulfide) groups is 1. The van der Waals surface area contributed by atoms with Crippen LogP contribution in [0.1, 0.15) is 0 Å². The smallest absolute Gasteiger partial charge is 0.262 e. The summed E-state index contributed by atoms with van der Waals surface area (Å²) in [7, 11) is 1.75. The highest BCUT2D eigenvalue weighted by Crippen LogP contribution is 2.30. The minimum absolute atomic E-state index is 0.0609. The van der Waals surface area contributed by atoms with Gasteiger partial charge < -0.3 is 0 Å². The average Bonchev–Trinajstić information content (AvgIpc) is 2.58. The molecule has 0 N–H and O–H groups in total. The van der Waals surface area contributed by atoms with E-state index in [0.717, 1.165) is 15.6 Å². The molecule has 4 nitrogen and oxygen atoms in total. The van der Waals surface area contributed by atoms with E-state index in [2.05, 4.69) is 20.9 Å². The predicted octanol–water partition coefficient (Wildman–Crippen LogP) is 3.99. The standard InChI is InChI=1S/C17H14BrN3OS/c1-21-16(22)14(12-4-3-5-13(18)10-12)15(20-17(21)23-2)11-6-8-19-9-7-11/h3-10H,1-2H3. The van der Waals surface area contributed by atoms with E-state index in [0.29, 0.717) is 16.4 Å². The SMILES string of the molecule is CSc1nc(-c2ccncc2)c(-c2cccc(Br)c2)c(=O)n1C. The lowest BCUT2D eigenvalue weighted by atomic mass is 10.0. The third-order valence-corrected chi connectivity index (χ3v) is 4.72. The highest BCUT2D eigenvalue weighted by atomic mass is 79.9. The fourth-order valence-corrected chi connectivity index (χ4v) is 3.33. The van der Waals surface area contributed by atoms with Crippen LogP contribution in [0.5, 0.6) is 0 Å². The van der Waals surface area contributed by atoms with Crippen molar-refractivity contribution < 1.29 is 0 Å². The van der Waals surface area contributed by atoms with Crippen LogP contribution >= 0.6 is 27.7 Å². The van der Waals surface area contributed by atoms with E-state index in [-0.39, 0.29) is 5.56 Å². The van der Waals surface area contributed by atoms with Gasteiger partial charge in [-0.2, -0.15) is 0 Å². The van der Waals surface area contributed by atoms with Crippen LogP contribution in [0, 0.1) is 0 Å². The van der Waals surface area contributed by atoms with E-state index in [1.807, 2.05) is 42.7 Å². The highest BCUT2D eigenvalue weighted by molar-refractivity contribution is 9.10. The van der Waals surface area contributed by atoms with Crippen LogP contribution < -0.4 is 5.56 Å². The minimum Gasteiger partial charge on any atom is -0.290 e. The molecule has 6 heteroatoms. The van der Waals surface area contributed by atoms with Crippen LogP contribution in [0.2, 0.25) is 0 Å². The van der Waals surface area contributed by atoms with Gasteiger partial charge in [0, 0.05) is 29.5 Å². The topological polar surface area (TPSA) is 47.8 Å². The maximum Gasteiger partial charge on any atom is 0.262 e. The maximum atomic E-state index is 12.9. The Bertz CT molecular complexity index is 909. The van der Waals surface area contributed by atoms with Crippen molar-refractivity contribution in [3.05, 3.63) is 63.6 Å². The molecule has 0 bridgehead atoms. The van der Waals surface area contributed by atoms with Crippen LogP contribution in [0.25, 0.3) is 22.4 Å². The van der Waals surface area contributed by atoms with Crippen molar-refractivity contribution in [2.45, 2.75) is 5.16 Å². The van der Waals surface area contributed by atoms with Gasteiger partial charge in [-0.15, -0.1) is 0 Å². The molecule has 2 heterocycles. The molecule has 0 amide bonds. The summed E-state index contributed by atoms with van der Waals surface area (Å²) in [6.07, 6.45) is 5.33. The van der Waals surface area contributed by atoms with Crippen molar-refractivity contribution in [1.82, 2.24) is 14.5 Å². The van der Waals surface area contributed by atoms with E-state index in [9.17, 15) is 4.79 Å². The van der Waals surface area contributed by atoms with Gasteiger partial charge in [0.25, 0.3) is 5.56 Å². The van der Waals surface area contributed by atoms with Crippen LogP contribution in [-0.4, -0.2) is 20.8 Å². The molecule has 1 aromatic carbocycles. The Morgan fingerprint density at radius 2 is 1.87 bits per heavy atom. The van der Waals surface area contributed by atoms with Crippen molar-refractivity contribution in [2.75, 3.05) is 6.26 Å². The molecular formula is C17H14BrN3OS. The van der Waals surface area contributed by atoms with E-state index in [1.54, 1.807) is 24.0 Å². The molecular weight excluding hydrogens is 374 g/mol. The molecule has 3 aromatic rings. The number of benzene rings is 1. The first kappa shape index (κ1) is 16.0. The Morgan fingerprint density at radius 1 is 1.13 bits per heavy atom. The van der Waals surface area contributed by atoms with Crippen molar-refractivity contribution in [2.24, 2.45) is 7.05 Å². The van der Waals surface area contributed by atoms with Crippen LogP contribution in [0.3, 0.4) is 0 Å². The lowest BCUT2D eigenvalue weighted by Gasteiger charge is -2.13. The first-order chi connectivity index (χ1) is 11.1. The first-order valence-electron chi connectivity index (χ1n) is 6.93. The largest absolute Gasteiger partial charge is 0.290 e. The zero-order valence-corrected chi connectivity index (χ0v) is 15.1. The Hall–Kier alpha value is -1.92. The van der Waals surface area contributed by atoms with E-state index < -0.39 is 0 Å². The van der Waals surface area contributed by atoms with E-state index in [1.165, 1.54) is 11.8 Å². The van der Waals surface area contributed by atoms with Crippen molar-refractivity contribution in [3.8, 4) is 22.4 Å². The lowest BCUT2D eigenvalue weighted by Crippen LogP contribution is -2.22. The molecule has 0 saturated heterocycles. The minimum atomic E-state index is -0.0609. The second-order valence-electron chi connectivity index (χ2n) is 4.93. The molecule has 0 atom stereocenters. The third-order valence-electron chi connectivity index (χ3n) is 3.50. The summed E-state index contributed by atoms with van der Waals surface area (Å²) in [5, 5.41) is 0.681. The third kappa shape index (κ3) is 3.09. The second kappa shape index (κ2) is 6.68. The predicted molar refractivity (Wildman–Crippen MR) is 97.6 cm³/mol. The van der Waals surface area contributed by atoms with Gasteiger partial charge in [0.2, 0.25) is 0 Å². The molecule has 0 aliphatic heterocycles. The van der Waals surface area contributed by atoms with Crippen molar-refractivity contribution in [1.29, 1.82) is 0 Å². The molecule has 0 aliphatic rings. The van der Waals surface area contributed by atoms with Gasteiger partial charge in [-0.3, -0.25) is 14.3 Å². The molecule has 23 heavy (non-hydrogen) atoms. The number of aromatic nitrogens is 3. The van der Waals surface area contributed by atoms with Crippen molar-refractivity contribution >= 4 is 27.7 Å². The van der Waals surface area contributed by atoms with Crippen LogP contribution in [0.15, 0.2) is 63.2 Å². The Kier molecular flexibility index (Phi) is 4.63. The number of nitrogens with zero attached hydrogens (tertiary/aromatic N) is 3. The fraction of sp³-hybridized carbons (Fsp3) is 0.118. The monoisotopic (exact) mass is 387 g/mol. The van der Waals surface area contributed by atoms with Gasteiger partial charge >= 0.3 is 0 Å². The summed E-state index contributed by atoms with van der Waals surface area (Å²) in [6.45, 7) is 0. The Balaban J connectivity index is 2.37. The van der Waals surface area contributed by atoms with E-state index in [4.69, 9.17) is 4.98 Å². The zero-order valence-electron chi connectivity index (χ0n) is 12.7. The average molecular weight is 388 g/mol. The maximum absolute atomic E-state index is 12.9. The normalized spacial score (nSPS) is 10.7. The molecule has 2 aromatic heterocycles. The van der Waals surface area contributed by atoms with Gasteiger partial charge in [0.05, 0.1) is 11.3 Å². The summed E-state index contributed by atoms with van der Waals surface area (Å²) in [5.74, 6) is 0. The summed E-state index contributed by atoms with van der Waals surface area (Å²) >= 11 is 4.92. The fourth-order valence-electron chi connectivity index (χ4n) is 2.39. The van der Waals surface area contributed by atoms with Crippen LogP contribution in [0.4, 0.5) is 0 Å². The number of hydrogen-bond acceptors (Lipinski definition) is 4. The van der Waals surface area contributed by atoms with Gasteiger partial charge in [-0.1, -0.05) is 39.8 Å². The molecule has 0 unspecified atom stereocenters. The van der Waals surface area contributed by atoms with Gasteiger partial charge in [0.1, 0.15) is 0 Å². The molecule has 116 valence electrons. The summed E-state index contributed by atoms with van der Waals surface area (Å²) < 4.78 is 2.51. The van der Waals surface area contributed by atoms with Crippen LogP contribution in [-0.2, 0) is 7.05 Å². The molecule has 0 spiro atoms. The molecule has 0 aliphatic carbocycles. The molecule has 0 radical (unpaired) electrons. The highest BCUT2D eigenvalue weighted by Gasteiger charge is 2.17.